The second-order valence-corrected chi connectivity index (χ2v) is 2.68. The molecule has 0 radical (unpaired) electrons. The van der Waals surface area contributed by atoms with Crippen molar-refractivity contribution in [1.29, 1.82) is 5.41 Å². The van der Waals surface area contributed by atoms with Gasteiger partial charge in [0, 0.05) is 6.92 Å². The Balaban J connectivity index is 4.35. The van der Waals surface area contributed by atoms with E-state index in [-0.39, 0.29) is 0 Å². The van der Waals surface area contributed by atoms with Crippen LogP contribution in [0.5, 0.6) is 0 Å². The van der Waals surface area contributed by atoms with Gasteiger partial charge in [-0.05, 0) is 28.6 Å². The molecule has 9 heavy (non-hydrogen) atoms. The molecule has 0 aromatic rings. The molecular weight excluding hydrogens is 158 g/mol. The molecule has 0 atom stereocenters. The lowest BCUT2D eigenvalue weighted by Crippen LogP contribution is -1.92. The summed E-state index contributed by atoms with van der Waals surface area (Å²) in [7, 11) is 6.28. The van der Waals surface area contributed by atoms with Crippen molar-refractivity contribution in [3.8, 4) is 0 Å². The first kappa shape index (κ1) is 8.85. The van der Waals surface area contributed by atoms with Gasteiger partial charge in [-0.3, -0.25) is 0 Å². The van der Waals surface area contributed by atoms with Crippen LogP contribution in [0, 0.1) is 5.41 Å². The van der Waals surface area contributed by atoms with Crippen molar-refractivity contribution in [2.45, 2.75) is 13.8 Å². The van der Waals surface area contributed by atoms with Crippen LogP contribution in [-0.4, -0.2) is 10.8 Å². The van der Waals surface area contributed by atoms with Crippen LogP contribution >= 0.6 is 21.7 Å². The Kier molecular flexibility index (Phi) is 3.73. The highest BCUT2D eigenvalue weighted by Crippen LogP contribution is 2.23. The zero-order valence-corrected chi connectivity index (χ0v) is 6.86. The van der Waals surface area contributed by atoms with Gasteiger partial charge in [-0.25, -0.2) is 0 Å². The first-order valence-electron chi connectivity index (χ1n) is 2.36. The first-order valence-corrected chi connectivity index (χ1v) is 4.00. The Bertz CT molecular complexity index is 151. The summed E-state index contributed by atoms with van der Waals surface area (Å²) in [4.78, 5) is 0.539. The molecule has 2 nitrogen and oxygen atoms in total. The number of allylic oxidation sites excluding steroid dienone is 2. The van der Waals surface area contributed by atoms with Crippen LogP contribution in [0.3, 0.4) is 0 Å². The Morgan fingerprint density at radius 2 is 2.00 bits per heavy atom. The van der Waals surface area contributed by atoms with Crippen LogP contribution in [-0.2, 0) is 0 Å². The summed E-state index contributed by atoms with van der Waals surface area (Å²) in [5, 5.41) is 14.2. The maximum atomic E-state index is 7.10. The van der Waals surface area contributed by atoms with Gasteiger partial charge in [0.15, 0.2) is 0 Å². The average molecular weight is 167 g/mol. The van der Waals surface area contributed by atoms with Crippen LogP contribution in [0.1, 0.15) is 13.8 Å². The lowest BCUT2D eigenvalue weighted by Gasteiger charge is -1.95. The fourth-order valence-electron chi connectivity index (χ4n) is 0.397. The number of halogens is 1. The molecule has 0 unspecified atom stereocenters. The van der Waals surface area contributed by atoms with E-state index in [0.29, 0.717) is 16.4 Å². The van der Waals surface area contributed by atoms with Crippen molar-refractivity contribution in [2.75, 3.05) is 0 Å². The maximum absolute atomic E-state index is 7.10. The predicted molar refractivity (Wildman–Crippen MR) is 43.2 cm³/mol. The number of rotatable bonds is 2. The third kappa shape index (κ3) is 2.77. The average Bonchev–Trinajstić information content (AvgIpc) is 1.64. The van der Waals surface area contributed by atoms with Gasteiger partial charge in [0.1, 0.15) is 4.91 Å². The molecule has 0 aliphatic rings. The molecule has 0 aromatic heterocycles. The highest BCUT2D eigenvalue weighted by molar-refractivity contribution is 8.24. The molecule has 0 aliphatic carbocycles. The van der Waals surface area contributed by atoms with Gasteiger partial charge in [-0.2, -0.15) is 0 Å². The molecule has 4 heteroatoms. The van der Waals surface area contributed by atoms with Crippen molar-refractivity contribution in [3.63, 3.8) is 0 Å². The Labute approximate surface area is 62.9 Å². The van der Waals surface area contributed by atoms with Crippen LogP contribution in [0.4, 0.5) is 0 Å². The highest BCUT2D eigenvalue weighted by atomic mass is 35.7. The van der Waals surface area contributed by atoms with Crippen molar-refractivity contribution < 1.29 is 5.11 Å². The van der Waals surface area contributed by atoms with Gasteiger partial charge in [-0.1, -0.05) is 0 Å². The second kappa shape index (κ2) is 3.80. The van der Waals surface area contributed by atoms with E-state index in [9.17, 15) is 0 Å². The van der Waals surface area contributed by atoms with E-state index in [1.807, 2.05) is 0 Å². The van der Waals surface area contributed by atoms with E-state index in [4.69, 9.17) is 21.2 Å². The van der Waals surface area contributed by atoms with Crippen LogP contribution in [0.25, 0.3) is 0 Å². The fraction of sp³-hybridized carbons (Fsp3) is 0.400. The molecule has 0 rings (SSSR count). The SMILES string of the molecule is CC(=N)/C(SCl)=C(/C)[OH2+]. The minimum absolute atomic E-state index is 0.350. The highest BCUT2D eigenvalue weighted by Gasteiger charge is 2.06. The smallest absolute Gasteiger partial charge is 0.242 e. The Morgan fingerprint density at radius 1 is 1.56 bits per heavy atom. The van der Waals surface area contributed by atoms with Crippen LogP contribution < -0.4 is 0 Å². The van der Waals surface area contributed by atoms with Crippen molar-refractivity contribution in [3.05, 3.63) is 10.7 Å². The van der Waals surface area contributed by atoms with E-state index < -0.39 is 0 Å². The van der Waals surface area contributed by atoms with Gasteiger partial charge in [0.25, 0.3) is 0 Å². The predicted octanol–water partition coefficient (Wildman–Crippen LogP) is 1.87. The van der Waals surface area contributed by atoms with Gasteiger partial charge in [0.2, 0.25) is 5.76 Å². The number of nitrogens with one attached hydrogen (secondary N) is 1. The molecular formula is C5H9ClNOS+. The van der Waals surface area contributed by atoms with E-state index >= 15 is 0 Å². The summed E-state index contributed by atoms with van der Waals surface area (Å²) in [6.45, 7) is 3.23. The van der Waals surface area contributed by atoms with E-state index in [2.05, 4.69) is 0 Å². The lowest BCUT2D eigenvalue weighted by molar-refractivity contribution is 0.414. The van der Waals surface area contributed by atoms with Gasteiger partial charge in [0.05, 0.1) is 5.71 Å². The van der Waals surface area contributed by atoms with Crippen molar-refractivity contribution in [2.24, 2.45) is 0 Å². The lowest BCUT2D eigenvalue weighted by atomic mass is 10.3. The zero-order chi connectivity index (χ0) is 7.44. The molecule has 52 valence electrons. The monoisotopic (exact) mass is 166 g/mol. The van der Waals surface area contributed by atoms with Crippen LogP contribution in [0.2, 0.25) is 0 Å². The minimum Gasteiger partial charge on any atom is -0.596 e. The molecule has 0 amide bonds. The summed E-state index contributed by atoms with van der Waals surface area (Å²) >= 11 is 0. The third-order valence-corrected chi connectivity index (χ3v) is 1.99. The molecule has 3 N–H and O–H groups in total. The molecule has 0 fully saturated rings. The zero-order valence-electron chi connectivity index (χ0n) is 5.29. The largest absolute Gasteiger partial charge is 0.596 e. The summed E-state index contributed by atoms with van der Waals surface area (Å²) in [6, 6.07) is 0. The molecule has 0 saturated carbocycles. The molecule has 0 aliphatic heterocycles. The van der Waals surface area contributed by atoms with E-state index in [0.717, 1.165) is 11.0 Å². The molecule has 0 saturated heterocycles. The summed E-state index contributed by atoms with van der Waals surface area (Å²) in [5.41, 5.74) is 0.350. The topological polar surface area (TPSA) is 46.8 Å². The van der Waals surface area contributed by atoms with Crippen LogP contribution in [0.15, 0.2) is 10.7 Å². The van der Waals surface area contributed by atoms with Crippen molar-refractivity contribution in [1.82, 2.24) is 0 Å². The quantitative estimate of drug-likeness (QED) is 0.380. The summed E-state index contributed by atoms with van der Waals surface area (Å²) in [5.74, 6) is 0.350. The summed E-state index contributed by atoms with van der Waals surface area (Å²) in [6.07, 6.45) is 0. The molecule has 0 spiro atoms. The third-order valence-electron chi connectivity index (χ3n) is 0.758. The van der Waals surface area contributed by atoms with Gasteiger partial charge in [-0.15, -0.1) is 0 Å². The van der Waals surface area contributed by atoms with Crippen molar-refractivity contribution >= 4 is 27.4 Å². The second-order valence-electron chi connectivity index (χ2n) is 1.66. The van der Waals surface area contributed by atoms with E-state index in [1.54, 1.807) is 13.8 Å². The number of hydrogen-bond acceptors (Lipinski definition) is 2. The minimum atomic E-state index is 0.350. The Morgan fingerprint density at radius 3 is 2.00 bits per heavy atom. The molecule has 0 heterocycles. The maximum Gasteiger partial charge on any atom is 0.242 e. The Hall–Kier alpha value is -0.150. The standard InChI is InChI=1S/C5H8ClNOS/c1-3(7)5(9-6)4(2)8/h7-8H,1-2H3/p+1/b5-4+,7-3?. The summed E-state index contributed by atoms with van der Waals surface area (Å²) < 4.78 is 0. The normalized spacial score (nSPS) is 12.8. The van der Waals surface area contributed by atoms with E-state index in [1.165, 1.54) is 0 Å². The molecule has 0 bridgehead atoms. The first-order chi connectivity index (χ1) is 4.09. The fourth-order valence-corrected chi connectivity index (χ4v) is 1.32. The van der Waals surface area contributed by atoms with Gasteiger partial charge >= 0.3 is 0 Å². The van der Waals surface area contributed by atoms with Gasteiger partial charge < -0.3 is 10.5 Å². The molecule has 0 aromatic carbocycles. The number of hydrogen-bond donors (Lipinski definition) is 1.